The van der Waals surface area contributed by atoms with Crippen molar-refractivity contribution in [1.82, 2.24) is 4.31 Å². The van der Waals surface area contributed by atoms with Gasteiger partial charge in [-0.3, -0.25) is 4.79 Å². The van der Waals surface area contributed by atoms with E-state index in [1.807, 2.05) is 6.07 Å². The van der Waals surface area contributed by atoms with Crippen LogP contribution in [0, 0.1) is 0 Å². The predicted molar refractivity (Wildman–Crippen MR) is 105 cm³/mol. The Bertz CT molecular complexity index is 954. The molecule has 0 spiro atoms. The molecule has 1 amide bonds. The first kappa shape index (κ1) is 20.0. The van der Waals surface area contributed by atoms with Crippen LogP contribution in [0.15, 0.2) is 59.5 Å². The Labute approximate surface area is 164 Å². The van der Waals surface area contributed by atoms with Gasteiger partial charge in [-0.15, -0.1) is 0 Å². The van der Waals surface area contributed by atoms with E-state index in [4.69, 9.17) is 4.74 Å². The average Bonchev–Trinajstić information content (AvgIpc) is 3.27. The SMILES string of the molecule is CN(C(=O)COC(=O)c1cccc(S(=O)(=O)N2CCCC2)c1)c1ccccc1. The van der Waals surface area contributed by atoms with E-state index in [9.17, 15) is 18.0 Å². The maximum atomic E-state index is 12.6. The second-order valence-corrected chi connectivity index (χ2v) is 8.44. The molecule has 7 nitrogen and oxygen atoms in total. The number of sulfonamides is 1. The zero-order valence-electron chi connectivity index (χ0n) is 15.6. The fraction of sp³-hybridized carbons (Fsp3) is 0.300. The van der Waals surface area contributed by atoms with Crippen molar-refractivity contribution in [2.45, 2.75) is 17.7 Å². The molecular formula is C20H22N2O5S. The predicted octanol–water partition coefficient (Wildman–Crippen LogP) is 2.29. The molecular weight excluding hydrogens is 380 g/mol. The molecule has 0 saturated carbocycles. The largest absolute Gasteiger partial charge is 0.452 e. The number of hydrogen-bond acceptors (Lipinski definition) is 5. The van der Waals surface area contributed by atoms with Crippen LogP contribution < -0.4 is 4.90 Å². The Morgan fingerprint density at radius 1 is 1.04 bits per heavy atom. The smallest absolute Gasteiger partial charge is 0.338 e. The average molecular weight is 402 g/mol. The van der Waals surface area contributed by atoms with Crippen LogP contribution in [0.2, 0.25) is 0 Å². The van der Waals surface area contributed by atoms with E-state index in [0.717, 1.165) is 12.8 Å². The molecule has 0 aromatic heterocycles. The van der Waals surface area contributed by atoms with Gasteiger partial charge < -0.3 is 9.64 Å². The molecule has 1 aliphatic heterocycles. The van der Waals surface area contributed by atoms with Crippen molar-refractivity contribution in [1.29, 1.82) is 0 Å². The third-order valence-corrected chi connectivity index (χ3v) is 6.51. The van der Waals surface area contributed by atoms with Gasteiger partial charge in [0.2, 0.25) is 10.0 Å². The summed E-state index contributed by atoms with van der Waals surface area (Å²) in [5.41, 5.74) is 0.776. The van der Waals surface area contributed by atoms with Gasteiger partial charge in [-0.25, -0.2) is 13.2 Å². The van der Waals surface area contributed by atoms with Crippen molar-refractivity contribution in [3.8, 4) is 0 Å². The fourth-order valence-electron chi connectivity index (χ4n) is 2.96. The van der Waals surface area contributed by atoms with E-state index < -0.39 is 22.6 Å². The van der Waals surface area contributed by atoms with Crippen LogP contribution in [0.3, 0.4) is 0 Å². The highest BCUT2D eigenvalue weighted by molar-refractivity contribution is 7.89. The third kappa shape index (κ3) is 4.40. The first-order valence-corrected chi connectivity index (χ1v) is 10.4. The lowest BCUT2D eigenvalue weighted by atomic mass is 10.2. The molecule has 2 aromatic rings. The molecule has 0 N–H and O–H groups in total. The number of anilines is 1. The van der Waals surface area contributed by atoms with Crippen LogP contribution in [0.25, 0.3) is 0 Å². The van der Waals surface area contributed by atoms with E-state index >= 15 is 0 Å². The van der Waals surface area contributed by atoms with Crippen LogP contribution >= 0.6 is 0 Å². The molecule has 1 fully saturated rings. The standard InChI is InChI=1S/C20H22N2O5S/c1-21(17-9-3-2-4-10-17)19(23)15-27-20(24)16-8-7-11-18(14-16)28(25,26)22-12-5-6-13-22/h2-4,7-11,14H,5-6,12-13,15H2,1H3. The molecule has 1 heterocycles. The number of carbonyl (C=O) groups is 2. The van der Waals surface area contributed by atoms with Crippen molar-refractivity contribution in [2.75, 3.05) is 31.6 Å². The summed E-state index contributed by atoms with van der Waals surface area (Å²) in [6.45, 7) is 0.530. The summed E-state index contributed by atoms with van der Waals surface area (Å²) in [7, 11) is -2.03. The Morgan fingerprint density at radius 2 is 1.71 bits per heavy atom. The quantitative estimate of drug-likeness (QED) is 0.692. The summed E-state index contributed by atoms with van der Waals surface area (Å²) in [6.07, 6.45) is 1.66. The summed E-state index contributed by atoms with van der Waals surface area (Å²) >= 11 is 0. The van der Waals surface area contributed by atoms with E-state index in [2.05, 4.69) is 0 Å². The second-order valence-electron chi connectivity index (χ2n) is 6.50. The maximum absolute atomic E-state index is 12.6. The minimum Gasteiger partial charge on any atom is -0.452 e. The molecule has 0 atom stereocenters. The normalized spacial score (nSPS) is 14.6. The van der Waals surface area contributed by atoms with Crippen LogP contribution in [0.5, 0.6) is 0 Å². The number of nitrogens with zero attached hydrogens (tertiary/aromatic N) is 2. The fourth-order valence-corrected chi connectivity index (χ4v) is 4.53. The van der Waals surface area contributed by atoms with E-state index in [1.165, 1.54) is 33.5 Å². The number of esters is 1. The Balaban J connectivity index is 1.66. The number of ether oxygens (including phenoxy) is 1. The minimum absolute atomic E-state index is 0.0524. The van der Waals surface area contributed by atoms with Crippen molar-refractivity contribution in [3.05, 3.63) is 60.2 Å². The van der Waals surface area contributed by atoms with Crippen LogP contribution in [-0.2, 0) is 19.6 Å². The molecule has 8 heteroatoms. The summed E-state index contributed by atoms with van der Waals surface area (Å²) in [5, 5.41) is 0. The summed E-state index contributed by atoms with van der Waals surface area (Å²) < 4.78 is 31.8. The van der Waals surface area contributed by atoms with Gasteiger partial charge in [0.1, 0.15) is 0 Å². The van der Waals surface area contributed by atoms with Gasteiger partial charge in [0.05, 0.1) is 10.5 Å². The van der Waals surface area contributed by atoms with Gasteiger partial charge in [-0.05, 0) is 43.2 Å². The number of para-hydroxylation sites is 1. The van der Waals surface area contributed by atoms with Crippen LogP contribution in [0.1, 0.15) is 23.2 Å². The van der Waals surface area contributed by atoms with Gasteiger partial charge in [-0.1, -0.05) is 24.3 Å². The van der Waals surface area contributed by atoms with Crippen LogP contribution in [-0.4, -0.2) is 51.3 Å². The third-order valence-electron chi connectivity index (χ3n) is 4.62. The highest BCUT2D eigenvalue weighted by atomic mass is 32.2. The van der Waals surface area contributed by atoms with Crippen molar-refractivity contribution in [2.24, 2.45) is 0 Å². The van der Waals surface area contributed by atoms with Crippen molar-refractivity contribution < 1.29 is 22.7 Å². The monoisotopic (exact) mass is 402 g/mol. The number of rotatable bonds is 6. The number of amides is 1. The van der Waals surface area contributed by atoms with Crippen molar-refractivity contribution in [3.63, 3.8) is 0 Å². The number of carbonyl (C=O) groups excluding carboxylic acids is 2. The molecule has 0 aliphatic carbocycles. The van der Waals surface area contributed by atoms with Gasteiger partial charge in [0, 0.05) is 25.8 Å². The maximum Gasteiger partial charge on any atom is 0.338 e. The Morgan fingerprint density at radius 3 is 2.39 bits per heavy atom. The molecule has 2 aromatic carbocycles. The second kappa shape index (κ2) is 8.53. The first-order valence-electron chi connectivity index (χ1n) is 8.98. The molecule has 0 radical (unpaired) electrons. The minimum atomic E-state index is -3.63. The van der Waals surface area contributed by atoms with Crippen LogP contribution in [0.4, 0.5) is 5.69 Å². The highest BCUT2D eigenvalue weighted by Gasteiger charge is 2.27. The molecule has 28 heavy (non-hydrogen) atoms. The lowest BCUT2D eigenvalue weighted by Crippen LogP contribution is -2.31. The molecule has 0 bridgehead atoms. The molecule has 1 saturated heterocycles. The number of hydrogen-bond donors (Lipinski definition) is 0. The zero-order chi connectivity index (χ0) is 20.1. The molecule has 0 unspecified atom stereocenters. The molecule has 3 rings (SSSR count). The Kier molecular flexibility index (Phi) is 6.11. The van der Waals surface area contributed by atoms with Gasteiger partial charge >= 0.3 is 5.97 Å². The van der Waals surface area contributed by atoms with Gasteiger partial charge in [0.15, 0.2) is 6.61 Å². The summed E-state index contributed by atoms with van der Waals surface area (Å²) in [4.78, 5) is 26.0. The lowest BCUT2D eigenvalue weighted by Gasteiger charge is -2.17. The summed E-state index contributed by atoms with van der Waals surface area (Å²) in [6, 6.07) is 14.7. The zero-order valence-corrected chi connectivity index (χ0v) is 16.4. The van der Waals surface area contributed by atoms with E-state index in [1.54, 1.807) is 31.3 Å². The van der Waals surface area contributed by atoms with Crippen molar-refractivity contribution >= 4 is 27.6 Å². The highest BCUT2D eigenvalue weighted by Crippen LogP contribution is 2.22. The van der Waals surface area contributed by atoms with Gasteiger partial charge in [-0.2, -0.15) is 4.31 Å². The van der Waals surface area contributed by atoms with E-state index in [0.29, 0.717) is 18.8 Å². The molecule has 1 aliphatic rings. The van der Waals surface area contributed by atoms with Gasteiger partial charge in [0.25, 0.3) is 5.91 Å². The van der Waals surface area contributed by atoms with E-state index in [-0.39, 0.29) is 16.4 Å². The number of benzene rings is 2. The number of likely N-dealkylation sites (N-methyl/N-ethyl adjacent to an activating group) is 1. The summed E-state index contributed by atoms with van der Waals surface area (Å²) in [5.74, 6) is -1.13. The Hall–Kier alpha value is -2.71. The molecule has 148 valence electrons. The lowest BCUT2D eigenvalue weighted by molar-refractivity contribution is -0.121. The first-order chi connectivity index (χ1) is 13.4. The topological polar surface area (TPSA) is 84.0 Å².